The zero-order valence-corrected chi connectivity index (χ0v) is 26.0. The van der Waals surface area contributed by atoms with Gasteiger partial charge in [-0.3, -0.25) is 0 Å². The molecule has 0 saturated heterocycles. The van der Waals surface area contributed by atoms with Gasteiger partial charge in [0.25, 0.3) is 0 Å². The van der Waals surface area contributed by atoms with Crippen molar-refractivity contribution in [1.82, 2.24) is 0 Å². The van der Waals surface area contributed by atoms with Crippen LogP contribution >= 0.6 is 0 Å². The quantitative estimate of drug-likeness (QED) is 0.0643. The molecule has 1 aliphatic carbocycles. The normalized spacial score (nSPS) is 14.3. The van der Waals surface area contributed by atoms with Gasteiger partial charge >= 0.3 is 17.9 Å². The lowest BCUT2D eigenvalue weighted by atomic mass is 10.0. The largest absolute Gasteiger partial charge is 0.494 e. The van der Waals surface area contributed by atoms with E-state index in [-0.39, 0.29) is 6.10 Å². The van der Waals surface area contributed by atoms with Crippen LogP contribution in [0.3, 0.4) is 0 Å². The van der Waals surface area contributed by atoms with Gasteiger partial charge < -0.3 is 38.8 Å². The molecule has 11 nitrogen and oxygen atoms in total. The summed E-state index contributed by atoms with van der Waals surface area (Å²) in [5.41, 5.74) is 1.46. The molecule has 2 aromatic carbocycles. The Kier molecular flexibility index (Phi) is 15.1. The van der Waals surface area contributed by atoms with Crippen molar-refractivity contribution < 1.29 is 47.9 Å². The van der Waals surface area contributed by atoms with Gasteiger partial charge in [0.1, 0.15) is 17.2 Å². The first-order chi connectivity index (χ1) is 22.3. The molecule has 246 valence electrons. The maximum absolute atomic E-state index is 12.7. The third kappa shape index (κ3) is 12.3. The van der Waals surface area contributed by atoms with Crippen molar-refractivity contribution in [3.8, 4) is 17.2 Å². The summed E-state index contributed by atoms with van der Waals surface area (Å²) in [6.45, 7) is 8.29. The molecule has 11 heteroatoms. The van der Waals surface area contributed by atoms with Crippen LogP contribution in [0.2, 0.25) is 0 Å². The summed E-state index contributed by atoms with van der Waals surface area (Å²) in [6, 6.07) is 11.4. The zero-order chi connectivity index (χ0) is 33.1. The van der Waals surface area contributed by atoms with Gasteiger partial charge in [-0.25, -0.2) is 14.4 Å². The van der Waals surface area contributed by atoms with Crippen LogP contribution in [0.1, 0.15) is 42.5 Å². The van der Waals surface area contributed by atoms with Gasteiger partial charge in [0.15, 0.2) is 0 Å². The molecule has 2 N–H and O–H groups in total. The number of aliphatic hydroxyl groups excluding tert-OH is 1. The number of aliphatic hydroxyl groups is 1. The number of hydrogen-bond acceptors (Lipinski definition) is 11. The van der Waals surface area contributed by atoms with Crippen molar-refractivity contribution in [3.05, 3.63) is 97.1 Å². The first kappa shape index (κ1) is 35.6. The highest BCUT2D eigenvalue weighted by molar-refractivity contribution is 5.91. The predicted octanol–water partition coefficient (Wildman–Crippen LogP) is 5.31. The molecule has 46 heavy (non-hydrogen) atoms. The van der Waals surface area contributed by atoms with E-state index in [1.165, 1.54) is 0 Å². The minimum atomic E-state index is -1.22. The van der Waals surface area contributed by atoms with Gasteiger partial charge in [-0.1, -0.05) is 31.4 Å². The molecule has 2 atom stereocenters. The first-order valence-corrected chi connectivity index (χ1v) is 15.0. The fraction of sp³-hybridized carbons (Fsp3) is 0.343. The van der Waals surface area contributed by atoms with E-state index in [1.807, 2.05) is 12.2 Å². The van der Waals surface area contributed by atoms with Gasteiger partial charge in [-0.05, 0) is 68.5 Å². The third-order valence-electron chi connectivity index (χ3n) is 6.63. The standard InChI is InChI=1S/C35H41NO10/c1-4-32(37)43-22-8-6-20-41-27-14-10-25(11-15-27)34(39)45-29-18-19-31(30(24-29)36-3)46-35(40)26-12-16-28(17-13-26)42-21-7-9-23-44-33(38)5-2/h4-5,10-16,18-19,24,28,35-36,40H,1-2,6-9,17,20-23H2,3H3/t28?,35-/m1/s1. The summed E-state index contributed by atoms with van der Waals surface area (Å²) in [5, 5.41) is 13.7. The molecular formula is C35H41NO10. The van der Waals surface area contributed by atoms with Gasteiger partial charge in [0, 0.05) is 37.4 Å². The second kappa shape index (κ2) is 19.5. The van der Waals surface area contributed by atoms with Crippen LogP contribution < -0.4 is 19.5 Å². The van der Waals surface area contributed by atoms with E-state index in [0.29, 0.717) is 86.2 Å². The predicted molar refractivity (Wildman–Crippen MR) is 172 cm³/mol. The minimum Gasteiger partial charge on any atom is -0.494 e. The molecule has 0 aromatic heterocycles. The van der Waals surface area contributed by atoms with Crippen LogP contribution in [0.25, 0.3) is 0 Å². The Morgan fingerprint density at radius 3 is 2.15 bits per heavy atom. The van der Waals surface area contributed by atoms with Crippen molar-refractivity contribution in [3.63, 3.8) is 0 Å². The number of nitrogens with one attached hydrogen (secondary N) is 1. The van der Waals surface area contributed by atoms with Crippen molar-refractivity contribution in [2.45, 2.75) is 44.5 Å². The maximum Gasteiger partial charge on any atom is 0.343 e. The fourth-order valence-electron chi connectivity index (χ4n) is 4.13. The Morgan fingerprint density at radius 2 is 1.54 bits per heavy atom. The zero-order valence-electron chi connectivity index (χ0n) is 26.0. The van der Waals surface area contributed by atoms with Crippen molar-refractivity contribution in [2.24, 2.45) is 0 Å². The number of carbonyl (C=O) groups excluding carboxylic acids is 3. The molecule has 3 rings (SSSR count). The van der Waals surface area contributed by atoms with Crippen molar-refractivity contribution in [1.29, 1.82) is 0 Å². The number of esters is 3. The molecule has 1 unspecified atom stereocenters. The molecule has 0 spiro atoms. The van der Waals surface area contributed by atoms with Gasteiger partial charge in [-0.15, -0.1) is 0 Å². The smallest absolute Gasteiger partial charge is 0.343 e. The SMILES string of the molecule is C=CC(=O)OCCCCOc1ccc(C(=O)Oc2ccc(O[C@@H](O)C3=CCC(OCCCCOC(=O)C=C)C=C3)c(NC)c2)cc1. The number of carbonyl (C=O) groups is 3. The Bertz CT molecular complexity index is 1380. The number of unbranched alkanes of at least 4 members (excludes halogenated alkanes) is 2. The molecule has 0 bridgehead atoms. The molecule has 0 amide bonds. The molecule has 0 radical (unpaired) electrons. The number of rotatable bonds is 20. The Morgan fingerprint density at radius 1 is 0.913 bits per heavy atom. The fourth-order valence-corrected chi connectivity index (χ4v) is 4.13. The lowest BCUT2D eigenvalue weighted by molar-refractivity contribution is -0.138. The van der Waals surface area contributed by atoms with E-state index in [0.717, 1.165) is 18.6 Å². The van der Waals surface area contributed by atoms with Crippen LogP contribution in [0.5, 0.6) is 17.2 Å². The van der Waals surface area contributed by atoms with E-state index in [2.05, 4.69) is 18.5 Å². The van der Waals surface area contributed by atoms with Gasteiger partial charge in [0.2, 0.25) is 6.29 Å². The summed E-state index contributed by atoms with van der Waals surface area (Å²) in [6.07, 6.45) is 9.79. The number of anilines is 1. The minimum absolute atomic E-state index is 0.121. The van der Waals surface area contributed by atoms with Crippen LogP contribution in [0, 0.1) is 0 Å². The monoisotopic (exact) mass is 635 g/mol. The average Bonchev–Trinajstić information content (AvgIpc) is 3.08. The second-order valence-corrected chi connectivity index (χ2v) is 10.0. The van der Waals surface area contributed by atoms with E-state index in [9.17, 15) is 19.5 Å². The van der Waals surface area contributed by atoms with E-state index in [4.69, 9.17) is 28.4 Å². The topological polar surface area (TPSA) is 139 Å². The van der Waals surface area contributed by atoms with Crippen LogP contribution in [-0.2, 0) is 23.8 Å². The first-order valence-electron chi connectivity index (χ1n) is 15.0. The maximum atomic E-state index is 12.7. The van der Waals surface area contributed by atoms with E-state index in [1.54, 1.807) is 55.6 Å². The van der Waals surface area contributed by atoms with Crippen LogP contribution in [0.15, 0.2) is 91.6 Å². The van der Waals surface area contributed by atoms with Crippen LogP contribution in [-0.4, -0.2) is 68.9 Å². The van der Waals surface area contributed by atoms with E-state index >= 15 is 0 Å². The highest BCUT2D eigenvalue weighted by Crippen LogP contribution is 2.31. The summed E-state index contributed by atoms with van der Waals surface area (Å²) in [5.74, 6) is -0.154. The highest BCUT2D eigenvalue weighted by Gasteiger charge is 2.18. The molecular weight excluding hydrogens is 594 g/mol. The third-order valence-corrected chi connectivity index (χ3v) is 6.63. The van der Waals surface area contributed by atoms with E-state index < -0.39 is 24.2 Å². The van der Waals surface area contributed by atoms with Crippen molar-refractivity contribution in [2.75, 3.05) is 38.8 Å². The highest BCUT2D eigenvalue weighted by atomic mass is 16.6. The molecule has 2 aromatic rings. The molecule has 0 aliphatic heterocycles. The Labute approximate surface area is 269 Å². The number of hydrogen-bond donors (Lipinski definition) is 2. The lowest BCUT2D eigenvalue weighted by Crippen LogP contribution is -2.21. The van der Waals surface area contributed by atoms with Gasteiger partial charge in [0.05, 0.1) is 37.2 Å². The summed E-state index contributed by atoms with van der Waals surface area (Å²) >= 11 is 0. The Balaban J connectivity index is 1.42. The molecule has 0 heterocycles. The Hall–Kier alpha value is -4.87. The second-order valence-electron chi connectivity index (χ2n) is 10.0. The van der Waals surface area contributed by atoms with Crippen LogP contribution in [0.4, 0.5) is 5.69 Å². The molecule has 0 fully saturated rings. The number of benzene rings is 2. The number of ether oxygens (including phenoxy) is 6. The van der Waals surface area contributed by atoms with Gasteiger partial charge in [-0.2, -0.15) is 0 Å². The summed E-state index contributed by atoms with van der Waals surface area (Å²) < 4.78 is 32.7. The van der Waals surface area contributed by atoms with Crippen molar-refractivity contribution >= 4 is 23.6 Å². The molecule has 0 saturated carbocycles. The summed E-state index contributed by atoms with van der Waals surface area (Å²) in [4.78, 5) is 34.8. The average molecular weight is 636 g/mol. The molecule has 1 aliphatic rings. The lowest BCUT2D eigenvalue weighted by Gasteiger charge is -2.21. The summed E-state index contributed by atoms with van der Waals surface area (Å²) in [7, 11) is 1.69.